The van der Waals surface area contributed by atoms with Crippen molar-refractivity contribution in [3.05, 3.63) is 0 Å². The number of aliphatic carboxylic acids is 1. The van der Waals surface area contributed by atoms with Gasteiger partial charge in [0.2, 0.25) is 5.91 Å². The van der Waals surface area contributed by atoms with Crippen LogP contribution in [-0.4, -0.2) is 35.0 Å². The highest BCUT2D eigenvalue weighted by atomic mass is 16.4. The van der Waals surface area contributed by atoms with Crippen LogP contribution in [0.1, 0.15) is 52.9 Å². The zero-order chi connectivity index (χ0) is 14.6. The van der Waals surface area contributed by atoms with Gasteiger partial charge in [0.1, 0.15) is 0 Å². The third kappa shape index (κ3) is 4.22. The minimum absolute atomic E-state index is 0.0141. The standard InChI is InChI=1S/C15H27NO3/c1-10(2)9-11(3)16(4)14(17)12-7-5-6-8-13(12)15(18)19/h10-13H,5-9H2,1-4H3,(H,18,19)/t11?,12-,13+/m1/s1. The predicted molar refractivity (Wildman–Crippen MR) is 74.8 cm³/mol. The number of nitrogens with zero attached hydrogens (tertiary/aromatic N) is 1. The average Bonchev–Trinajstić information content (AvgIpc) is 2.36. The van der Waals surface area contributed by atoms with E-state index in [0.29, 0.717) is 18.8 Å². The maximum absolute atomic E-state index is 12.5. The Labute approximate surface area is 116 Å². The number of amides is 1. The molecule has 0 spiro atoms. The SMILES string of the molecule is CC(C)CC(C)N(C)C(=O)[C@@H]1CCCC[C@@H]1C(=O)O. The molecule has 1 saturated carbocycles. The summed E-state index contributed by atoms with van der Waals surface area (Å²) in [5.74, 6) is -1.09. The highest BCUT2D eigenvalue weighted by molar-refractivity contribution is 5.85. The Morgan fingerprint density at radius 2 is 1.68 bits per heavy atom. The molecule has 0 aromatic heterocycles. The van der Waals surface area contributed by atoms with E-state index >= 15 is 0 Å². The van der Waals surface area contributed by atoms with Crippen molar-refractivity contribution in [3.8, 4) is 0 Å². The van der Waals surface area contributed by atoms with Crippen molar-refractivity contribution >= 4 is 11.9 Å². The topological polar surface area (TPSA) is 57.6 Å². The van der Waals surface area contributed by atoms with E-state index in [1.807, 2.05) is 14.0 Å². The molecule has 0 radical (unpaired) electrons. The second kappa shape index (κ2) is 6.92. The normalized spacial score (nSPS) is 25.1. The molecule has 0 aromatic carbocycles. The summed E-state index contributed by atoms with van der Waals surface area (Å²) in [6.07, 6.45) is 4.19. The third-order valence-electron chi connectivity index (χ3n) is 4.22. The van der Waals surface area contributed by atoms with E-state index in [2.05, 4.69) is 13.8 Å². The molecule has 1 aliphatic rings. The largest absolute Gasteiger partial charge is 0.481 e. The van der Waals surface area contributed by atoms with Crippen LogP contribution in [0.25, 0.3) is 0 Å². The molecule has 0 aromatic rings. The van der Waals surface area contributed by atoms with Gasteiger partial charge < -0.3 is 10.0 Å². The average molecular weight is 269 g/mol. The highest BCUT2D eigenvalue weighted by Gasteiger charge is 2.37. The lowest BCUT2D eigenvalue weighted by molar-refractivity contribution is -0.152. The molecule has 19 heavy (non-hydrogen) atoms. The van der Waals surface area contributed by atoms with Gasteiger partial charge in [0, 0.05) is 13.1 Å². The van der Waals surface area contributed by atoms with E-state index in [-0.39, 0.29) is 17.9 Å². The Balaban J connectivity index is 2.70. The second-order valence-electron chi connectivity index (χ2n) is 6.26. The van der Waals surface area contributed by atoms with Gasteiger partial charge in [-0.1, -0.05) is 26.7 Å². The van der Waals surface area contributed by atoms with Crippen LogP contribution >= 0.6 is 0 Å². The number of carboxylic acid groups (broad SMARTS) is 1. The summed E-state index contributed by atoms with van der Waals surface area (Å²) < 4.78 is 0. The molecule has 1 unspecified atom stereocenters. The lowest BCUT2D eigenvalue weighted by Gasteiger charge is -2.34. The lowest BCUT2D eigenvalue weighted by Crippen LogP contribution is -2.44. The van der Waals surface area contributed by atoms with Crippen molar-refractivity contribution in [2.45, 2.75) is 58.9 Å². The van der Waals surface area contributed by atoms with Gasteiger partial charge in [-0.3, -0.25) is 9.59 Å². The zero-order valence-corrected chi connectivity index (χ0v) is 12.6. The summed E-state index contributed by atoms with van der Waals surface area (Å²) in [7, 11) is 1.81. The van der Waals surface area contributed by atoms with E-state index in [1.54, 1.807) is 4.90 Å². The summed E-state index contributed by atoms with van der Waals surface area (Å²) in [5.41, 5.74) is 0. The smallest absolute Gasteiger partial charge is 0.307 e. The van der Waals surface area contributed by atoms with Crippen LogP contribution in [0.15, 0.2) is 0 Å². The van der Waals surface area contributed by atoms with Gasteiger partial charge >= 0.3 is 5.97 Å². The Kier molecular flexibility index (Phi) is 5.83. The monoisotopic (exact) mass is 269 g/mol. The molecule has 1 aliphatic carbocycles. The maximum atomic E-state index is 12.5. The molecule has 0 heterocycles. The molecular formula is C15H27NO3. The Morgan fingerprint density at radius 1 is 1.16 bits per heavy atom. The van der Waals surface area contributed by atoms with Gasteiger partial charge in [0.25, 0.3) is 0 Å². The maximum Gasteiger partial charge on any atom is 0.307 e. The van der Waals surface area contributed by atoms with Gasteiger partial charge in [-0.05, 0) is 32.1 Å². The highest BCUT2D eigenvalue weighted by Crippen LogP contribution is 2.32. The molecule has 1 fully saturated rings. The summed E-state index contributed by atoms with van der Waals surface area (Å²) in [5, 5.41) is 9.25. The number of hydrogen-bond donors (Lipinski definition) is 1. The van der Waals surface area contributed by atoms with Gasteiger partial charge in [0.15, 0.2) is 0 Å². The van der Waals surface area contributed by atoms with Crippen LogP contribution in [0.4, 0.5) is 0 Å². The summed E-state index contributed by atoms with van der Waals surface area (Å²) in [4.78, 5) is 25.5. The van der Waals surface area contributed by atoms with Crippen molar-refractivity contribution in [3.63, 3.8) is 0 Å². The van der Waals surface area contributed by atoms with Crippen LogP contribution in [0.2, 0.25) is 0 Å². The Morgan fingerprint density at radius 3 is 2.16 bits per heavy atom. The number of carboxylic acids is 1. The van der Waals surface area contributed by atoms with E-state index < -0.39 is 11.9 Å². The van der Waals surface area contributed by atoms with Crippen LogP contribution in [0.3, 0.4) is 0 Å². The van der Waals surface area contributed by atoms with E-state index in [9.17, 15) is 14.7 Å². The number of hydrogen-bond acceptors (Lipinski definition) is 2. The Bertz CT molecular complexity index is 327. The van der Waals surface area contributed by atoms with Gasteiger partial charge in [-0.25, -0.2) is 0 Å². The molecule has 3 atom stereocenters. The molecule has 110 valence electrons. The first-order chi connectivity index (χ1) is 8.84. The third-order valence-corrected chi connectivity index (χ3v) is 4.22. The van der Waals surface area contributed by atoms with Crippen molar-refractivity contribution in [2.24, 2.45) is 17.8 Å². The zero-order valence-electron chi connectivity index (χ0n) is 12.6. The van der Waals surface area contributed by atoms with Gasteiger partial charge in [0.05, 0.1) is 11.8 Å². The number of carbonyl (C=O) groups excluding carboxylic acids is 1. The minimum atomic E-state index is -0.817. The van der Waals surface area contributed by atoms with Gasteiger partial charge in [-0.2, -0.15) is 0 Å². The van der Waals surface area contributed by atoms with E-state index in [1.165, 1.54) is 0 Å². The molecule has 1 rings (SSSR count). The summed E-state index contributed by atoms with van der Waals surface area (Å²) in [6, 6.07) is 0.170. The number of carbonyl (C=O) groups is 2. The molecule has 1 amide bonds. The fourth-order valence-electron chi connectivity index (χ4n) is 3.04. The summed E-state index contributed by atoms with van der Waals surface area (Å²) in [6.45, 7) is 6.31. The van der Waals surface area contributed by atoms with E-state index in [4.69, 9.17) is 0 Å². The summed E-state index contributed by atoms with van der Waals surface area (Å²) >= 11 is 0. The molecular weight excluding hydrogens is 242 g/mol. The van der Waals surface area contributed by atoms with Crippen molar-refractivity contribution < 1.29 is 14.7 Å². The van der Waals surface area contributed by atoms with E-state index in [0.717, 1.165) is 19.3 Å². The molecule has 0 aliphatic heterocycles. The van der Waals surface area contributed by atoms with Crippen LogP contribution < -0.4 is 0 Å². The molecule has 4 heteroatoms. The Hall–Kier alpha value is -1.06. The fourth-order valence-corrected chi connectivity index (χ4v) is 3.04. The molecule has 0 bridgehead atoms. The van der Waals surface area contributed by atoms with Crippen LogP contribution in [0, 0.1) is 17.8 Å². The van der Waals surface area contributed by atoms with Crippen LogP contribution in [0.5, 0.6) is 0 Å². The fraction of sp³-hybridized carbons (Fsp3) is 0.867. The number of rotatable bonds is 5. The lowest BCUT2D eigenvalue weighted by atomic mass is 9.78. The van der Waals surface area contributed by atoms with Gasteiger partial charge in [-0.15, -0.1) is 0 Å². The first-order valence-electron chi connectivity index (χ1n) is 7.34. The minimum Gasteiger partial charge on any atom is -0.481 e. The van der Waals surface area contributed by atoms with Crippen molar-refractivity contribution in [1.29, 1.82) is 0 Å². The van der Waals surface area contributed by atoms with Crippen LogP contribution in [-0.2, 0) is 9.59 Å². The van der Waals surface area contributed by atoms with Crippen molar-refractivity contribution in [1.82, 2.24) is 4.90 Å². The van der Waals surface area contributed by atoms with Crippen molar-refractivity contribution in [2.75, 3.05) is 7.05 Å². The first-order valence-corrected chi connectivity index (χ1v) is 7.34. The molecule has 0 saturated heterocycles. The predicted octanol–water partition coefficient (Wildman–Crippen LogP) is 2.77. The quantitative estimate of drug-likeness (QED) is 0.835. The molecule has 1 N–H and O–H groups in total. The molecule has 4 nitrogen and oxygen atoms in total. The second-order valence-corrected chi connectivity index (χ2v) is 6.26. The first kappa shape index (κ1) is 16.0.